The van der Waals surface area contributed by atoms with Crippen molar-refractivity contribution >= 4 is 5.97 Å². The maximum Gasteiger partial charge on any atom is 0.317 e. The summed E-state index contributed by atoms with van der Waals surface area (Å²) in [6.45, 7) is 9.42. The molecule has 4 saturated carbocycles. The highest BCUT2D eigenvalue weighted by Gasteiger charge is 2.73. The fourth-order valence-electron chi connectivity index (χ4n) is 18.8. The number of esters is 1. The fourth-order valence-corrected chi connectivity index (χ4v) is 18.8. The number of hydrogen-bond donors (Lipinski definition) is 19. The first-order valence-electron chi connectivity index (χ1n) is 33.2. The molecule has 6 heterocycles. The van der Waals surface area contributed by atoms with Crippen molar-refractivity contribution in [3.05, 3.63) is 11.6 Å². The number of carbonyl (C=O) groups is 1. The minimum absolute atomic E-state index is 0.0780. The van der Waals surface area contributed by atoms with Gasteiger partial charge in [-0.05, 0) is 97.7 Å². The molecular formula is C63H102O32. The second-order valence-electron chi connectivity index (χ2n) is 30.8. The largest absolute Gasteiger partial charge is 0.432 e. The van der Waals surface area contributed by atoms with Crippen molar-refractivity contribution in [2.45, 2.75) is 277 Å². The lowest BCUT2D eigenvalue weighted by Gasteiger charge is -2.72. The van der Waals surface area contributed by atoms with E-state index in [2.05, 4.69) is 40.7 Å². The molecular weight excluding hydrogens is 1270 g/mol. The van der Waals surface area contributed by atoms with Gasteiger partial charge in [-0.25, -0.2) is 0 Å². The molecule has 32 nitrogen and oxygen atoms in total. The minimum atomic E-state index is -2.09. The Morgan fingerprint density at radius 2 is 1.17 bits per heavy atom. The zero-order chi connectivity index (χ0) is 69.4. The van der Waals surface area contributed by atoms with Gasteiger partial charge in [-0.3, -0.25) is 4.79 Å². The van der Waals surface area contributed by atoms with Crippen LogP contribution in [0.5, 0.6) is 0 Å². The minimum Gasteiger partial charge on any atom is -0.432 e. The third-order valence-corrected chi connectivity index (χ3v) is 24.6. The van der Waals surface area contributed by atoms with Crippen LogP contribution >= 0.6 is 0 Å². The monoisotopic (exact) mass is 1370 g/mol. The van der Waals surface area contributed by atoms with E-state index in [1.165, 1.54) is 6.92 Å². The highest BCUT2D eigenvalue weighted by molar-refractivity contribution is 5.80. The number of aliphatic hydroxyl groups excluding tert-OH is 18. The van der Waals surface area contributed by atoms with Crippen LogP contribution in [0.15, 0.2) is 11.6 Å². The van der Waals surface area contributed by atoms with Gasteiger partial charge in [0.1, 0.15) is 115 Å². The Morgan fingerprint density at radius 1 is 0.558 bits per heavy atom. The number of hydrogen-bond acceptors (Lipinski definition) is 32. The van der Waals surface area contributed by atoms with Crippen LogP contribution in [0.4, 0.5) is 0 Å². The summed E-state index contributed by atoms with van der Waals surface area (Å²) in [5, 5.41) is 210. The van der Waals surface area contributed by atoms with Crippen molar-refractivity contribution in [2.75, 3.05) is 46.2 Å². The maximum absolute atomic E-state index is 15.5. The molecule has 5 aliphatic carbocycles. The Labute approximate surface area is 548 Å². The summed E-state index contributed by atoms with van der Waals surface area (Å²) in [6.07, 6.45) is -41.3. The summed E-state index contributed by atoms with van der Waals surface area (Å²) < 4.78 is 70.2. The van der Waals surface area contributed by atoms with E-state index in [-0.39, 0.29) is 36.5 Å². The van der Waals surface area contributed by atoms with Gasteiger partial charge in [0.25, 0.3) is 0 Å². The highest BCUT2D eigenvalue weighted by Crippen LogP contribution is 2.76. The Kier molecular flexibility index (Phi) is 21.3. The van der Waals surface area contributed by atoms with E-state index < -0.39 is 263 Å². The van der Waals surface area contributed by atoms with Gasteiger partial charge >= 0.3 is 5.97 Å². The maximum atomic E-state index is 15.5. The molecule has 6 saturated heterocycles. The molecule has 11 rings (SSSR count). The SMILES string of the molecule is C[C@@H]1O[C@@H](O[C@H]2[C@H](OC(=O)[C@]34CCC(C)(C)C[C@H]3C3=CCC5[C@@]6(C)C[C@H](O)[C@H](O[C@@H]7O[C@H](CO[C@@H]8O[C@H](CO)[C@@H](O)[C@H](O)[C@H]8O)[C@@H](O)[C@H](O)[C@H]7O)[C@@](C)(CO)C6CC[C@@]5(C)[C@]3(C)C[C@H]4O)OC[C@H](O)[C@@H]2O)[C@H](O)[C@H](O)[C@H]1O[C@@H]1OC[C@@H](O)[C@H](O[C@@H]2OC[C@](O)(CO)[C@H]2O)[C@H]1O. The molecule has 0 bridgehead atoms. The van der Waals surface area contributed by atoms with E-state index in [0.29, 0.717) is 32.1 Å². The molecule has 11 aliphatic rings. The van der Waals surface area contributed by atoms with Gasteiger partial charge in [0.2, 0.25) is 6.29 Å². The van der Waals surface area contributed by atoms with Crippen molar-refractivity contribution in [2.24, 2.45) is 50.2 Å². The molecule has 0 aromatic carbocycles. The molecule has 0 aromatic heterocycles. The molecule has 95 heavy (non-hydrogen) atoms. The molecule has 6 aliphatic heterocycles. The lowest BCUT2D eigenvalue weighted by atomic mass is 9.33. The Bertz CT molecular complexity index is 2700. The first kappa shape index (κ1) is 74.2. The standard InChI is InChI=1S/C63H102O32/c1-24-45(91-51-44(80)46(29(69)19-84-51)92-55-48(81)62(83,22-66)23-87-55)40(76)43(79)52(88-24)93-47-35(71)28(68)18-85-54(47)95-56(82)63-13-12-57(2,3)14-26(63)25-8-9-33-58(4)15-27(67)49(59(5,21-65)32(58)10-11-60(33,6)61(25,7)16-34(63)70)94-53-42(78)39(75)37(73)31(90-53)20-86-50-41(77)38(74)36(72)30(17-64)89-50/h8,24,26-55,64-81,83H,9-23H2,1-7H3/t24-,26-,27-,28-,29+,30+,31+,32?,33?,34+,35-,36+,37+,38-,39-,40-,41+,42+,43+,44+,45-,46-,47+,48-,49-,50+,51-,52-,53-,54-,55-,58-,59-,60+,61+,62+,63+/m0/s1. The van der Waals surface area contributed by atoms with Crippen LogP contribution in [0.3, 0.4) is 0 Å². The number of ether oxygens (including phenoxy) is 12. The summed E-state index contributed by atoms with van der Waals surface area (Å²) in [4.78, 5) is 15.5. The van der Waals surface area contributed by atoms with E-state index in [0.717, 1.165) is 5.57 Å². The average molecular weight is 1370 g/mol. The average Bonchev–Trinajstić information content (AvgIpc) is 1.39. The molecule has 2 unspecified atom stereocenters. The molecule has 19 N–H and O–H groups in total. The second-order valence-corrected chi connectivity index (χ2v) is 30.8. The molecule has 32 heteroatoms. The smallest absolute Gasteiger partial charge is 0.317 e. The van der Waals surface area contributed by atoms with Crippen molar-refractivity contribution in [1.82, 2.24) is 0 Å². The van der Waals surface area contributed by atoms with Gasteiger partial charge < -0.3 is 154 Å². The first-order valence-corrected chi connectivity index (χ1v) is 33.2. The van der Waals surface area contributed by atoms with Crippen molar-refractivity contribution in [3.63, 3.8) is 0 Å². The van der Waals surface area contributed by atoms with Crippen LogP contribution in [0, 0.1) is 50.2 Å². The summed E-state index contributed by atoms with van der Waals surface area (Å²) >= 11 is 0. The zero-order valence-electron chi connectivity index (χ0n) is 54.4. The second kappa shape index (κ2) is 27.3. The quantitative estimate of drug-likeness (QED) is 0.0388. The predicted octanol–water partition coefficient (Wildman–Crippen LogP) is -6.53. The van der Waals surface area contributed by atoms with Gasteiger partial charge in [0.05, 0.1) is 70.7 Å². The van der Waals surface area contributed by atoms with E-state index in [1.54, 1.807) is 6.92 Å². The third-order valence-electron chi connectivity index (χ3n) is 24.6. The lowest BCUT2D eigenvalue weighted by Crippen LogP contribution is -2.70. The van der Waals surface area contributed by atoms with Gasteiger partial charge in [0.15, 0.2) is 37.6 Å². The summed E-state index contributed by atoms with van der Waals surface area (Å²) in [7, 11) is 0. The molecule has 0 radical (unpaired) electrons. The number of rotatable bonds is 16. The van der Waals surface area contributed by atoms with Gasteiger partial charge in [-0.15, -0.1) is 0 Å². The molecule has 0 spiro atoms. The van der Waals surface area contributed by atoms with E-state index in [4.69, 9.17) is 56.8 Å². The number of fused-ring (bicyclic) bond motifs is 7. The highest BCUT2D eigenvalue weighted by atomic mass is 16.8. The van der Waals surface area contributed by atoms with Crippen LogP contribution in [0.25, 0.3) is 0 Å². The van der Waals surface area contributed by atoms with Gasteiger partial charge in [-0.2, -0.15) is 0 Å². The van der Waals surface area contributed by atoms with Crippen LogP contribution < -0.4 is 0 Å². The first-order chi connectivity index (χ1) is 44.5. The van der Waals surface area contributed by atoms with Gasteiger partial charge in [-0.1, -0.05) is 53.2 Å². The summed E-state index contributed by atoms with van der Waals surface area (Å²) in [5.74, 6) is -2.08. The predicted molar refractivity (Wildman–Crippen MR) is 313 cm³/mol. The van der Waals surface area contributed by atoms with Crippen LogP contribution in [-0.4, -0.2) is 327 Å². The number of aliphatic hydroxyl groups is 19. The molecule has 37 atom stereocenters. The third kappa shape index (κ3) is 12.4. The van der Waals surface area contributed by atoms with Gasteiger partial charge in [0, 0.05) is 5.41 Å². The Hall–Kier alpha value is -1.99. The van der Waals surface area contributed by atoms with E-state index in [9.17, 15) is 97.0 Å². The molecule has 0 amide bonds. The zero-order valence-corrected chi connectivity index (χ0v) is 54.4. The normalized spacial score (nSPS) is 55.5. The lowest BCUT2D eigenvalue weighted by molar-refractivity contribution is -0.372. The number of carbonyl (C=O) groups excluding carboxylic acids is 1. The van der Waals surface area contributed by atoms with Crippen molar-refractivity contribution in [3.8, 4) is 0 Å². The summed E-state index contributed by atoms with van der Waals surface area (Å²) in [6, 6.07) is 0. The molecule has 546 valence electrons. The van der Waals surface area contributed by atoms with E-state index >= 15 is 4.79 Å². The summed E-state index contributed by atoms with van der Waals surface area (Å²) in [5.41, 5.74) is -6.52. The van der Waals surface area contributed by atoms with Crippen LogP contribution in [0.1, 0.15) is 99.8 Å². The van der Waals surface area contributed by atoms with Crippen molar-refractivity contribution in [1.29, 1.82) is 0 Å². The van der Waals surface area contributed by atoms with Crippen LogP contribution in [0.2, 0.25) is 0 Å². The topological polar surface area (TPSA) is 512 Å². The molecule has 0 aromatic rings. The fraction of sp³-hybridized carbons (Fsp3) is 0.952. The van der Waals surface area contributed by atoms with Crippen LogP contribution in [-0.2, 0) is 61.6 Å². The number of allylic oxidation sites excluding steroid dienone is 2. The Balaban J connectivity index is 0.786. The van der Waals surface area contributed by atoms with Crippen molar-refractivity contribution < 1.29 is 159 Å². The Morgan fingerprint density at radius 3 is 1.83 bits per heavy atom. The molecule has 10 fully saturated rings. The van der Waals surface area contributed by atoms with E-state index in [1.807, 2.05) is 0 Å².